The zero-order valence-corrected chi connectivity index (χ0v) is 10.6. The number of unbranched alkanes of at least 4 members (excludes halogenated alkanes) is 1. The quantitative estimate of drug-likeness (QED) is 0.311. The zero-order chi connectivity index (χ0) is 12.7. The molecule has 1 atom stereocenters. The van der Waals surface area contributed by atoms with Gasteiger partial charge in [0.2, 0.25) is 5.91 Å². The van der Waals surface area contributed by atoms with Crippen LogP contribution in [-0.2, 0) is 4.79 Å². The van der Waals surface area contributed by atoms with Gasteiger partial charge in [-0.15, -0.1) is 0 Å². The highest BCUT2D eigenvalue weighted by Gasteiger charge is 2.28. The van der Waals surface area contributed by atoms with Gasteiger partial charge in [-0.3, -0.25) is 4.79 Å². The van der Waals surface area contributed by atoms with E-state index < -0.39 is 5.92 Å². The molecule has 0 aromatic carbocycles. The van der Waals surface area contributed by atoms with Crippen LogP contribution < -0.4 is 5.73 Å². The first-order valence-corrected chi connectivity index (χ1v) is 5.68. The summed E-state index contributed by atoms with van der Waals surface area (Å²) < 4.78 is 0. The highest BCUT2D eigenvalue weighted by molar-refractivity contribution is 6.02. The van der Waals surface area contributed by atoms with Crippen LogP contribution in [0.2, 0.25) is 0 Å². The molecular weight excluding hydrogens is 206 g/mol. The molecule has 16 heavy (non-hydrogen) atoms. The van der Waals surface area contributed by atoms with E-state index in [2.05, 4.69) is 12.1 Å². The van der Waals surface area contributed by atoms with E-state index >= 15 is 0 Å². The van der Waals surface area contributed by atoms with E-state index in [-0.39, 0.29) is 17.7 Å². The lowest BCUT2D eigenvalue weighted by atomic mass is 9.93. The molecule has 3 N–H and O–H groups in total. The van der Waals surface area contributed by atoms with Crippen LogP contribution in [0.1, 0.15) is 33.6 Å². The van der Waals surface area contributed by atoms with Crippen molar-refractivity contribution in [1.82, 2.24) is 4.90 Å². The molecule has 0 aromatic rings. The number of carbonyl (C=O) groups excluding carboxylic acids is 1. The normalized spacial score (nSPS) is 13.9. The maximum Gasteiger partial charge on any atom is 0.233 e. The first-order chi connectivity index (χ1) is 7.45. The minimum absolute atomic E-state index is 0.0108. The van der Waals surface area contributed by atoms with Gasteiger partial charge in [-0.1, -0.05) is 32.3 Å². The van der Waals surface area contributed by atoms with Gasteiger partial charge in [-0.05, 0) is 12.3 Å². The van der Waals surface area contributed by atoms with Crippen LogP contribution in [0, 0.1) is 11.8 Å². The fourth-order valence-electron chi connectivity index (χ4n) is 1.56. The van der Waals surface area contributed by atoms with Crippen LogP contribution in [-0.4, -0.2) is 35.4 Å². The van der Waals surface area contributed by atoms with Gasteiger partial charge < -0.3 is 15.8 Å². The molecule has 0 saturated heterocycles. The van der Waals surface area contributed by atoms with E-state index in [1.807, 2.05) is 13.8 Å². The SMILES string of the molecule is CCCCN(C)C(=O)C(C(N)=NO)C(C)C. The number of oxime groups is 1. The molecule has 5 heteroatoms. The van der Waals surface area contributed by atoms with Gasteiger partial charge in [0.05, 0.1) is 0 Å². The van der Waals surface area contributed by atoms with E-state index in [4.69, 9.17) is 10.9 Å². The molecule has 0 rings (SSSR count). The number of carbonyl (C=O) groups is 1. The summed E-state index contributed by atoms with van der Waals surface area (Å²) in [4.78, 5) is 13.7. The summed E-state index contributed by atoms with van der Waals surface area (Å²) in [5, 5.41) is 11.6. The fourth-order valence-corrected chi connectivity index (χ4v) is 1.56. The number of amidine groups is 1. The number of hydrogen-bond acceptors (Lipinski definition) is 3. The lowest BCUT2D eigenvalue weighted by Crippen LogP contribution is -2.43. The fraction of sp³-hybridized carbons (Fsp3) is 0.818. The van der Waals surface area contributed by atoms with Crippen molar-refractivity contribution >= 4 is 11.7 Å². The molecule has 0 heterocycles. The van der Waals surface area contributed by atoms with Crippen molar-refractivity contribution in [3.8, 4) is 0 Å². The van der Waals surface area contributed by atoms with Crippen molar-refractivity contribution in [3.63, 3.8) is 0 Å². The van der Waals surface area contributed by atoms with Crippen molar-refractivity contribution in [2.24, 2.45) is 22.7 Å². The summed E-state index contributed by atoms with van der Waals surface area (Å²) in [7, 11) is 1.75. The second-order valence-electron chi connectivity index (χ2n) is 4.36. The molecule has 0 bridgehead atoms. The Kier molecular flexibility index (Phi) is 6.53. The monoisotopic (exact) mass is 229 g/mol. The maximum atomic E-state index is 12.0. The van der Waals surface area contributed by atoms with Crippen LogP contribution in [0.25, 0.3) is 0 Å². The summed E-state index contributed by atoms with van der Waals surface area (Å²) in [6, 6.07) is 0. The summed E-state index contributed by atoms with van der Waals surface area (Å²) in [5.74, 6) is -0.610. The van der Waals surface area contributed by atoms with Gasteiger partial charge in [0.25, 0.3) is 0 Å². The molecule has 1 amide bonds. The van der Waals surface area contributed by atoms with Crippen molar-refractivity contribution < 1.29 is 10.0 Å². The molecule has 94 valence electrons. The average Bonchev–Trinajstić information content (AvgIpc) is 2.24. The van der Waals surface area contributed by atoms with E-state index in [0.29, 0.717) is 6.54 Å². The Balaban J connectivity index is 4.62. The summed E-state index contributed by atoms with van der Waals surface area (Å²) in [5.41, 5.74) is 5.54. The van der Waals surface area contributed by atoms with Gasteiger partial charge in [0, 0.05) is 13.6 Å². The van der Waals surface area contributed by atoms with Crippen LogP contribution in [0.15, 0.2) is 5.16 Å². The predicted molar refractivity (Wildman–Crippen MR) is 64.3 cm³/mol. The molecule has 0 saturated carbocycles. The number of hydrogen-bond donors (Lipinski definition) is 2. The number of amides is 1. The standard InChI is InChI=1S/C11H23N3O2/c1-5-6-7-14(4)11(15)9(8(2)3)10(12)13-16/h8-9,16H,5-7H2,1-4H3,(H2,12,13). The van der Waals surface area contributed by atoms with Gasteiger partial charge >= 0.3 is 0 Å². The van der Waals surface area contributed by atoms with Crippen molar-refractivity contribution in [2.75, 3.05) is 13.6 Å². The molecule has 0 aliphatic carbocycles. The van der Waals surface area contributed by atoms with E-state index in [1.165, 1.54) is 0 Å². The highest BCUT2D eigenvalue weighted by atomic mass is 16.4. The first kappa shape index (κ1) is 14.7. The van der Waals surface area contributed by atoms with Crippen LogP contribution in [0.5, 0.6) is 0 Å². The third kappa shape index (κ3) is 4.08. The molecule has 1 unspecified atom stereocenters. The van der Waals surface area contributed by atoms with E-state index in [0.717, 1.165) is 12.8 Å². The summed E-state index contributed by atoms with van der Waals surface area (Å²) in [6.07, 6.45) is 2.00. The Morgan fingerprint density at radius 1 is 1.50 bits per heavy atom. The third-order valence-corrected chi connectivity index (χ3v) is 2.59. The second kappa shape index (κ2) is 7.09. The molecular formula is C11H23N3O2. The Bertz CT molecular complexity index is 252. The minimum atomic E-state index is -0.535. The van der Waals surface area contributed by atoms with E-state index in [1.54, 1.807) is 11.9 Å². The topological polar surface area (TPSA) is 78.9 Å². The Hall–Kier alpha value is -1.26. The highest BCUT2D eigenvalue weighted by Crippen LogP contribution is 2.14. The van der Waals surface area contributed by atoms with Gasteiger partial charge in [0.15, 0.2) is 5.84 Å². The van der Waals surface area contributed by atoms with Crippen molar-refractivity contribution in [3.05, 3.63) is 0 Å². The Morgan fingerprint density at radius 3 is 2.44 bits per heavy atom. The number of nitrogens with two attached hydrogens (primary N) is 1. The molecule has 0 aromatic heterocycles. The van der Waals surface area contributed by atoms with Gasteiger partial charge in [-0.2, -0.15) is 0 Å². The average molecular weight is 229 g/mol. The first-order valence-electron chi connectivity index (χ1n) is 5.68. The summed E-state index contributed by atoms with van der Waals surface area (Å²) in [6.45, 7) is 6.54. The molecule has 0 aliphatic rings. The number of nitrogens with zero attached hydrogens (tertiary/aromatic N) is 2. The molecule has 0 fully saturated rings. The zero-order valence-electron chi connectivity index (χ0n) is 10.6. The Morgan fingerprint density at radius 2 is 2.06 bits per heavy atom. The second-order valence-corrected chi connectivity index (χ2v) is 4.36. The molecule has 0 radical (unpaired) electrons. The summed E-state index contributed by atoms with van der Waals surface area (Å²) >= 11 is 0. The van der Waals surface area contributed by atoms with Crippen LogP contribution >= 0.6 is 0 Å². The largest absolute Gasteiger partial charge is 0.409 e. The van der Waals surface area contributed by atoms with Crippen molar-refractivity contribution in [2.45, 2.75) is 33.6 Å². The van der Waals surface area contributed by atoms with Crippen molar-refractivity contribution in [1.29, 1.82) is 0 Å². The lowest BCUT2D eigenvalue weighted by Gasteiger charge is -2.25. The molecule has 5 nitrogen and oxygen atoms in total. The maximum absolute atomic E-state index is 12.0. The van der Waals surface area contributed by atoms with E-state index in [9.17, 15) is 4.79 Å². The predicted octanol–water partition coefficient (Wildman–Crippen LogP) is 1.26. The number of rotatable bonds is 6. The Labute approximate surface area is 97.3 Å². The van der Waals surface area contributed by atoms with Gasteiger partial charge in [0.1, 0.15) is 5.92 Å². The molecule has 0 spiro atoms. The van der Waals surface area contributed by atoms with Crippen LogP contribution in [0.4, 0.5) is 0 Å². The molecule has 0 aliphatic heterocycles. The lowest BCUT2D eigenvalue weighted by molar-refractivity contribution is -0.133. The van der Waals surface area contributed by atoms with Gasteiger partial charge in [-0.25, -0.2) is 0 Å². The van der Waals surface area contributed by atoms with Crippen LogP contribution in [0.3, 0.4) is 0 Å². The smallest absolute Gasteiger partial charge is 0.233 e. The third-order valence-electron chi connectivity index (χ3n) is 2.59. The minimum Gasteiger partial charge on any atom is -0.409 e.